The molecule has 2 aromatic rings. The lowest BCUT2D eigenvalue weighted by Gasteiger charge is -2.26. The third-order valence-electron chi connectivity index (χ3n) is 6.87. The zero-order valence-electron chi connectivity index (χ0n) is 19.7. The Morgan fingerprint density at radius 1 is 1.00 bits per heavy atom. The van der Waals surface area contributed by atoms with Gasteiger partial charge < -0.3 is 20.5 Å². The maximum absolute atomic E-state index is 12.8. The summed E-state index contributed by atoms with van der Waals surface area (Å²) in [6.07, 6.45) is 1.68. The second-order valence-electron chi connectivity index (χ2n) is 10.1. The number of carboxylic acid groups (broad SMARTS) is 1. The molecule has 0 radical (unpaired) electrons. The summed E-state index contributed by atoms with van der Waals surface area (Å²) in [5.74, 6) is -1.41. The van der Waals surface area contributed by atoms with Crippen LogP contribution in [-0.4, -0.2) is 42.3 Å². The quantitative estimate of drug-likeness (QED) is 0.540. The maximum Gasteiger partial charge on any atom is 0.407 e. The molecular weight excluding hydrogens is 432 g/mol. The van der Waals surface area contributed by atoms with Crippen LogP contribution in [-0.2, 0) is 14.3 Å². The molecule has 180 valence electrons. The topological polar surface area (TPSA) is 105 Å². The van der Waals surface area contributed by atoms with Crippen LogP contribution in [0.4, 0.5) is 4.79 Å². The predicted octanol–water partition coefficient (Wildman–Crippen LogP) is 4.31. The molecule has 0 saturated heterocycles. The summed E-state index contributed by atoms with van der Waals surface area (Å²) in [6, 6.07) is 16.1. The minimum absolute atomic E-state index is 0.0164. The Kier molecular flexibility index (Phi) is 6.91. The fraction of sp³-hybridized carbons (Fsp3) is 0.444. The highest BCUT2D eigenvalue weighted by Gasteiger charge is 2.36. The normalized spacial score (nSPS) is 19.2. The minimum Gasteiger partial charge on any atom is -0.481 e. The SMILES string of the molecule is CC(C)(CNC(=O)[C@H]1CCC[C@H]1NC(=O)OCC1c2ccccc2-c2ccccc21)CC(=O)O. The van der Waals surface area contributed by atoms with Crippen LogP contribution in [0.25, 0.3) is 11.1 Å². The number of carbonyl (C=O) groups excluding carboxylic acids is 2. The van der Waals surface area contributed by atoms with Crippen molar-refractivity contribution in [3.63, 3.8) is 0 Å². The highest BCUT2D eigenvalue weighted by atomic mass is 16.5. The summed E-state index contributed by atoms with van der Waals surface area (Å²) in [5, 5.41) is 14.8. The number of alkyl carbamates (subject to hydrolysis) is 1. The first-order chi connectivity index (χ1) is 16.2. The van der Waals surface area contributed by atoms with Gasteiger partial charge >= 0.3 is 12.1 Å². The second kappa shape index (κ2) is 9.87. The lowest BCUT2D eigenvalue weighted by atomic mass is 9.89. The van der Waals surface area contributed by atoms with Crippen LogP contribution in [0.1, 0.15) is 56.6 Å². The number of benzene rings is 2. The van der Waals surface area contributed by atoms with Crippen molar-refractivity contribution in [2.75, 3.05) is 13.2 Å². The molecule has 1 fully saturated rings. The van der Waals surface area contributed by atoms with Crippen LogP contribution in [0, 0.1) is 11.3 Å². The number of fused-ring (bicyclic) bond motifs is 3. The first-order valence-electron chi connectivity index (χ1n) is 11.9. The highest BCUT2D eigenvalue weighted by Crippen LogP contribution is 2.44. The molecule has 0 aromatic heterocycles. The van der Waals surface area contributed by atoms with E-state index < -0.39 is 17.5 Å². The number of aliphatic carboxylic acids is 1. The number of ether oxygens (including phenoxy) is 1. The number of rotatable bonds is 8. The van der Waals surface area contributed by atoms with Gasteiger partial charge in [-0.15, -0.1) is 0 Å². The third-order valence-corrected chi connectivity index (χ3v) is 6.87. The lowest BCUT2D eigenvalue weighted by molar-refractivity contribution is -0.139. The molecule has 4 rings (SSSR count). The summed E-state index contributed by atoms with van der Waals surface area (Å²) >= 11 is 0. The van der Waals surface area contributed by atoms with Gasteiger partial charge in [-0.1, -0.05) is 68.8 Å². The van der Waals surface area contributed by atoms with Gasteiger partial charge in [0.05, 0.1) is 12.3 Å². The molecule has 1 saturated carbocycles. The van der Waals surface area contributed by atoms with Crippen LogP contribution >= 0.6 is 0 Å². The number of hydrogen-bond acceptors (Lipinski definition) is 4. The van der Waals surface area contributed by atoms with E-state index in [1.54, 1.807) is 0 Å². The molecule has 0 heterocycles. The molecule has 2 atom stereocenters. The van der Waals surface area contributed by atoms with Crippen molar-refractivity contribution in [2.45, 2.75) is 51.5 Å². The average Bonchev–Trinajstić information content (AvgIpc) is 3.38. The molecule has 2 amide bonds. The van der Waals surface area contributed by atoms with Crippen molar-refractivity contribution in [1.82, 2.24) is 10.6 Å². The van der Waals surface area contributed by atoms with E-state index in [-0.39, 0.29) is 43.4 Å². The van der Waals surface area contributed by atoms with Crippen molar-refractivity contribution in [3.8, 4) is 11.1 Å². The molecule has 2 aliphatic rings. The van der Waals surface area contributed by atoms with Crippen molar-refractivity contribution in [1.29, 1.82) is 0 Å². The smallest absolute Gasteiger partial charge is 0.407 e. The highest BCUT2D eigenvalue weighted by molar-refractivity contribution is 5.81. The Hall–Kier alpha value is -3.35. The molecule has 2 aliphatic carbocycles. The molecule has 7 nitrogen and oxygen atoms in total. The molecule has 2 aromatic carbocycles. The second-order valence-corrected chi connectivity index (χ2v) is 10.1. The molecule has 34 heavy (non-hydrogen) atoms. The Morgan fingerprint density at radius 3 is 2.24 bits per heavy atom. The summed E-state index contributed by atoms with van der Waals surface area (Å²) in [4.78, 5) is 36.4. The van der Waals surface area contributed by atoms with Crippen molar-refractivity contribution in [2.24, 2.45) is 11.3 Å². The van der Waals surface area contributed by atoms with Gasteiger partial charge in [0.25, 0.3) is 0 Å². The van der Waals surface area contributed by atoms with Crippen LogP contribution in [0.3, 0.4) is 0 Å². The van der Waals surface area contributed by atoms with Crippen molar-refractivity contribution < 1.29 is 24.2 Å². The van der Waals surface area contributed by atoms with E-state index in [9.17, 15) is 14.4 Å². The molecule has 0 bridgehead atoms. The fourth-order valence-electron chi connectivity index (χ4n) is 5.17. The summed E-state index contributed by atoms with van der Waals surface area (Å²) < 4.78 is 5.64. The molecule has 0 unspecified atom stereocenters. The summed E-state index contributed by atoms with van der Waals surface area (Å²) in [7, 11) is 0. The van der Waals surface area contributed by atoms with Gasteiger partial charge in [-0.25, -0.2) is 4.79 Å². The molecule has 3 N–H and O–H groups in total. The zero-order chi connectivity index (χ0) is 24.3. The van der Waals surface area contributed by atoms with Crippen molar-refractivity contribution >= 4 is 18.0 Å². The fourth-order valence-corrected chi connectivity index (χ4v) is 5.17. The van der Waals surface area contributed by atoms with Gasteiger partial charge in [0.15, 0.2) is 0 Å². The van der Waals surface area contributed by atoms with Crippen LogP contribution < -0.4 is 10.6 Å². The first-order valence-corrected chi connectivity index (χ1v) is 11.9. The molecule has 0 aliphatic heterocycles. The molecular formula is C27H32N2O5. The van der Waals surface area contributed by atoms with E-state index in [2.05, 4.69) is 34.9 Å². The van der Waals surface area contributed by atoms with E-state index in [1.807, 2.05) is 38.1 Å². The Morgan fingerprint density at radius 2 is 1.62 bits per heavy atom. The van der Waals surface area contributed by atoms with Gasteiger partial charge in [-0.2, -0.15) is 0 Å². The zero-order valence-corrected chi connectivity index (χ0v) is 19.7. The summed E-state index contributed by atoms with van der Waals surface area (Å²) in [6.45, 7) is 4.12. The van der Waals surface area contributed by atoms with E-state index in [4.69, 9.17) is 9.84 Å². The average molecular weight is 465 g/mol. The van der Waals surface area contributed by atoms with Gasteiger partial charge in [-0.3, -0.25) is 9.59 Å². The number of hydrogen-bond donors (Lipinski definition) is 3. The van der Waals surface area contributed by atoms with Gasteiger partial charge in [0.2, 0.25) is 5.91 Å². The van der Waals surface area contributed by atoms with Crippen LogP contribution in [0.15, 0.2) is 48.5 Å². The van der Waals surface area contributed by atoms with E-state index in [1.165, 1.54) is 11.1 Å². The number of amides is 2. The standard InChI is InChI=1S/C27H32N2O5/c1-27(2,14-24(30)31)16-28-25(32)21-12-7-13-23(21)29-26(33)34-15-22-19-10-5-3-8-17(19)18-9-4-6-11-20(18)22/h3-6,8-11,21-23H,7,12-16H2,1-2H3,(H,28,32)(H,29,33)(H,30,31)/t21-,23+/m0/s1. The van der Waals surface area contributed by atoms with Gasteiger partial charge in [0.1, 0.15) is 6.61 Å². The molecule has 0 spiro atoms. The van der Waals surface area contributed by atoms with Crippen molar-refractivity contribution in [3.05, 3.63) is 59.7 Å². The first kappa shape index (κ1) is 23.8. The number of carboxylic acids is 1. The Balaban J connectivity index is 1.32. The largest absolute Gasteiger partial charge is 0.481 e. The minimum atomic E-state index is -0.894. The van der Waals surface area contributed by atoms with E-state index in [0.717, 1.165) is 17.5 Å². The number of nitrogens with one attached hydrogen (secondary N) is 2. The third kappa shape index (κ3) is 5.24. The summed E-state index contributed by atoms with van der Waals surface area (Å²) in [5.41, 5.74) is 4.10. The maximum atomic E-state index is 12.8. The van der Waals surface area contributed by atoms with Crippen LogP contribution in [0.5, 0.6) is 0 Å². The van der Waals surface area contributed by atoms with Gasteiger partial charge in [0, 0.05) is 18.5 Å². The van der Waals surface area contributed by atoms with E-state index in [0.29, 0.717) is 12.8 Å². The Labute approximate surface area is 199 Å². The molecule has 7 heteroatoms. The van der Waals surface area contributed by atoms with Gasteiger partial charge in [-0.05, 0) is 40.5 Å². The number of carbonyl (C=O) groups is 3. The van der Waals surface area contributed by atoms with E-state index >= 15 is 0 Å². The lowest BCUT2D eigenvalue weighted by Crippen LogP contribution is -2.46. The predicted molar refractivity (Wildman–Crippen MR) is 128 cm³/mol. The monoisotopic (exact) mass is 464 g/mol. The Bertz CT molecular complexity index is 1030. The van der Waals surface area contributed by atoms with Crippen LogP contribution in [0.2, 0.25) is 0 Å².